The Kier molecular flexibility index (Phi) is 2.04. The van der Waals surface area contributed by atoms with Crippen LogP contribution in [0.25, 0.3) is 0 Å². The molecule has 12 heavy (non-hydrogen) atoms. The summed E-state index contributed by atoms with van der Waals surface area (Å²) < 4.78 is 13.3. The SMILES string of the molecule is O=C(O)C(F)(C(=O)O)C1CCC1. The van der Waals surface area contributed by atoms with E-state index in [1.807, 2.05) is 0 Å². The zero-order valence-corrected chi connectivity index (χ0v) is 6.29. The number of carbonyl (C=O) groups is 2. The van der Waals surface area contributed by atoms with Gasteiger partial charge in [0.2, 0.25) is 0 Å². The first-order chi connectivity index (χ1) is 5.49. The number of carboxylic acid groups (broad SMARTS) is 2. The number of halogens is 1. The molecule has 68 valence electrons. The minimum Gasteiger partial charge on any atom is -0.478 e. The van der Waals surface area contributed by atoms with Crippen molar-refractivity contribution in [3.05, 3.63) is 0 Å². The maximum Gasteiger partial charge on any atom is 0.353 e. The molecule has 0 radical (unpaired) electrons. The van der Waals surface area contributed by atoms with E-state index >= 15 is 0 Å². The van der Waals surface area contributed by atoms with Crippen molar-refractivity contribution in [2.75, 3.05) is 0 Å². The molecule has 0 aromatic carbocycles. The molecule has 0 spiro atoms. The van der Waals surface area contributed by atoms with Crippen LogP contribution in [0.15, 0.2) is 0 Å². The highest BCUT2D eigenvalue weighted by atomic mass is 19.1. The molecule has 0 saturated heterocycles. The standard InChI is InChI=1S/C7H9FO4/c8-7(5(9)10,6(11)12)4-2-1-3-4/h4H,1-3H2,(H,9,10)(H,11,12). The van der Waals surface area contributed by atoms with Gasteiger partial charge in [0.05, 0.1) is 0 Å². The van der Waals surface area contributed by atoms with E-state index in [-0.39, 0.29) is 0 Å². The molecule has 0 unspecified atom stereocenters. The van der Waals surface area contributed by atoms with Crippen LogP contribution in [0.4, 0.5) is 4.39 Å². The average molecular weight is 176 g/mol. The Labute approximate surface area is 68.0 Å². The van der Waals surface area contributed by atoms with Crippen molar-refractivity contribution in [2.45, 2.75) is 24.9 Å². The first-order valence-electron chi connectivity index (χ1n) is 3.65. The van der Waals surface area contributed by atoms with Crippen molar-refractivity contribution in [1.29, 1.82) is 0 Å². The lowest BCUT2D eigenvalue weighted by Crippen LogP contribution is -2.51. The van der Waals surface area contributed by atoms with Gasteiger partial charge in [-0.3, -0.25) is 0 Å². The molecule has 5 heteroatoms. The molecule has 0 aromatic rings. The molecule has 0 bridgehead atoms. The number of alkyl halides is 1. The normalized spacial score (nSPS) is 18.4. The van der Waals surface area contributed by atoms with Crippen molar-refractivity contribution in [3.8, 4) is 0 Å². The van der Waals surface area contributed by atoms with Gasteiger partial charge in [-0.05, 0) is 12.8 Å². The zero-order chi connectivity index (χ0) is 9.35. The topological polar surface area (TPSA) is 74.6 Å². The summed E-state index contributed by atoms with van der Waals surface area (Å²) in [7, 11) is 0. The molecule has 1 aliphatic rings. The van der Waals surface area contributed by atoms with Crippen LogP contribution in [0, 0.1) is 5.92 Å². The number of carboxylic acids is 2. The van der Waals surface area contributed by atoms with Crippen LogP contribution >= 0.6 is 0 Å². The molecule has 0 aliphatic heterocycles. The summed E-state index contributed by atoms with van der Waals surface area (Å²) in [6.45, 7) is 0. The molecule has 0 amide bonds. The fourth-order valence-electron chi connectivity index (χ4n) is 1.25. The Morgan fingerprint density at radius 3 is 1.75 bits per heavy atom. The summed E-state index contributed by atoms with van der Waals surface area (Å²) >= 11 is 0. The summed E-state index contributed by atoms with van der Waals surface area (Å²) in [6.07, 6.45) is 1.39. The number of aliphatic carboxylic acids is 2. The highest BCUT2D eigenvalue weighted by molar-refractivity contribution is 6.02. The van der Waals surface area contributed by atoms with Crippen molar-refractivity contribution in [3.63, 3.8) is 0 Å². The van der Waals surface area contributed by atoms with Crippen LogP contribution < -0.4 is 0 Å². The molecule has 1 aliphatic carbocycles. The van der Waals surface area contributed by atoms with Gasteiger partial charge in [-0.25, -0.2) is 14.0 Å². The number of hydrogen-bond acceptors (Lipinski definition) is 2. The molecular formula is C7H9FO4. The maximum atomic E-state index is 13.3. The van der Waals surface area contributed by atoms with E-state index in [1.54, 1.807) is 0 Å². The third kappa shape index (κ3) is 1.05. The van der Waals surface area contributed by atoms with Crippen LogP contribution in [0.5, 0.6) is 0 Å². The Morgan fingerprint density at radius 2 is 1.67 bits per heavy atom. The second-order valence-electron chi connectivity index (χ2n) is 2.95. The first kappa shape index (κ1) is 8.96. The second kappa shape index (κ2) is 2.73. The zero-order valence-electron chi connectivity index (χ0n) is 6.29. The largest absolute Gasteiger partial charge is 0.478 e. The molecule has 1 rings (SSSR count). The third-order valence-electron chi connectivity index (χ3n) is 2.29. The molecule has 4 nitrogen and oxygen atoms in total. The Balaban J connectivity index is 2.84. The van der Waals surface area contributed by atoms with E-state index in [2.05, 4.69) is 0 Å². The fourth-order valence-corrected chi connectivity index (χ4v) is 1.25. The predicted octanol–water partition coefficient (Wildman–Crippen LogP) is 0.664. The van der Waals surface area contributed by atoms with Crippen molar-refractivity contribution in [2.24, 2.45) is 5.92 Å². The molecular weight excluding hydrogens is 167 g/mol. The minimum absolute atomic E-state index is 0.342. The summed E-state index contributed by atoms with van der Waals surface area (Å²) in [5.74, 6) is -4.63. The molecule has 0 aromatic heterocycles. The first-order valence-corrected chi connectivity index (χ1v) is 3.65. The van der Waals surface area contributed by atoms with Crippen molar-refractivity contribution >= 4 is 11.9 Å². The molecule has 0 atom stereocenters. The molecule has 0 heterocycles. The van der Waals surface area contributed by atoms with Gasteiger partial charge in [-0.2, -0.15) is 0 Å². The summed E-state index contributed by atoms with van der Waals surface area (Å²) in [6, 6.07) is 0. The lowest BCUT2D eigenvalue weighted by molar-refractivity contribution is -0.174. The Bertz CT molecular complexity index is 207. The summed E-state index contributed by atoms with van der Waals surface area (Å²) in [4.78, 5) is 20.7. The van der Waals surface area contributed by atoms with Gasteiger partial charge in [0.15, 0.2) is 0 Å². The fraction of sp³-hybridized carbons (Fsp3) is 0.714. The van der Waals surface area contributed by atoms with E-state index < -0.39 is 23.5 Å². The van der Waals surface area contributed by atoms with E-state index in [9.17, 15) is 14.0 Å². The van der Waals surface area contributed by atoms with Gasteiger partial charge >= 0.3 is 17.6 Å². The highest BCUT2D eigenvalue weighted by Gasteiger charge is 2.55. The highest BCUT2D eigenvalue weighted by Crippen LogP contribution is 2.39. The van der Waals surface area contributed by atoms with Crippen LogP contribution in [0.3, 0.4) is 0 Å². The lowest BCUT2D eigenvalue weighted by Gasteiger charge is -2.32. The maximum absolute atomic E-state index is 13.3. The molecule has 1 fully saturated rings. The molecule has 1 saturated carbocycles. The Morgan fingerprint density at radius 1 is 1.25 bits per heavy atom. The second-order valence-corrected chi connectivity index (χ2v) is 2.95. The number of hydrogen-bond donors (Lipinski definition) is 2. The minimum atomic E-state index is -3.07. The van der Waals surface area contributed by atoms with Gasteiger partial charge in [0.25, 0.3) is 0 Å². The predicted molar refractivity (Wildman–Crippen MR) is 36.5 cm³/mol. The van der Waals surface area contributed by atoms with E-state index in [0.717, 1.165) is 0 Å². The van der Waals surface area contributed by atoms with Crippen LogP contribution in [0.2, 0.25) is 0 Å². The summed E-state index contributed by atoms with van der Waals surface area (Å²) in [5.41, 5.74) is -3.07. The van der Waals surface area contributed by atoms with E-state index in [1.165, 1.54) is 0 Å². The van der Waals surface area contributed by atoms with Gasteiger partial charge in [-0.15, -0.1) is 0 Å². The monoisotopic (exact) mass is 176 g/mol. The van der Waals surface area contributed by atoms with Crippen LogP contribution in [-0.2, 0) is 9.59 Å². The quantitative estimate of drug-likeness (QED) is 0.619. The van der Waals surface area contributed by atoms with E-state index in [4.69, 9.17) is 10.2 Å². The van der Waals surface area contributed by atoms with Crippen LogP contribution in [0.1, 0.15) is 19.3 Å². The lowest BCUT2D eigenvalue weighted by atomic mass is 9.74. The smallest absolute Gasteiger partial charge is 0.353 e. The van der Waals surface area contributed by atoms with Crippen molar-refractivity contribution in [1.82, 2.24) is 0 Å². The average Bonchev–Trinajstić information content (AvgIpc) is 1.82. The summed E-state index contributed by atoms with van der Waals surface area (Å²) in [5, 5.41) is 16.8. The van der Waals surface area contributed by atoms with Gasteiger partial charge in [-0.1, -0.05) is 6.42 Å². The van der Waals surface area contributed by atoms with E-state index in [0.29, 0.717) is 19.3 Å². The Hall–Kier alpha value is -1.13. The van der Waals surface area contributed by atoms with Gasteiger partial charge in [0, 0.05) is 5.92 Å². The van der Waals surface area contributed by atoms with Crippen molar-refractivity contribution < 1.29 is 24.2 Å². The van der Waals surface area contributed by atoms with Gasteiger partial charge < -0.3 is 10.2 Å². The third-order valence-corrected chi connectivity index (χ3v) is 2.29. The van der Waals surface area contributed by atoms with Crippen LogP contribution in [-0.4, -0.2) is 27.8 Å². The number of rotatable bonds is 3. The molecule has 2 N–H and O–H groups in total. The van der Waals surface area contributed by atoms with Gasteiger partial charge in [0.1, 0.15) is 0 Å².